The second-order valence-electron chi connectivity index (χ2n) is 6.68. The molecule has 3 heteroatoms. The quantitative estimate of drug-likeness (QED) is 0.833. The van der Waals surface area contributed by atoms with Gasteiger partial charge < -0.3 is 0 Å². The Morgan fingerprint density at radius 2 is 1.95 bits per heavy atom. The minimum atomic E-state index is 0.397. The molecule has 0 aliphatic heterocycles. The molecule has 0 unspecified atom stereocenters. The van der Waals surface area contributed by atoms with E-state index in [2.05, 4.69) is 29.9 Å². The maximum Gasteiger partial charge on any atom is 0.155 e. The lowest BCUT2D eigenvalue weighted by Gasteiger charge is -2.56. The Bertz CT molecular complexity index is 703. The summed E-state index contributed by atoms with van der Waals surface area (Å²) in [5.74, 6) is 2.33. The lowest BCUT2D eigenvalue weighted by atomic mass is 9.49. The number of rotatable bonds is 2. The van der Waals surface area contributed by atoms with Crippen molar-refractivity contribution in [3.05, 3.63) is 48.6 Å². The van der Waals surface area contributed by atoms with Crippen LogP contribution < -0.4 is 0 Å². The number of fused-ring (bicyclic) bond motifs is 1. The molecule has 0 aromatic carbocycles. The molecule has 0 saturated heterocycles. The zero-order valence-corrected chi connectivity index (χ0v) is 12.5. The zero-order valence-electron chi connectivity index (χ0n) is 12.5. The maximum atomic E-state index is 4.77. The van der Waals surface area contributed by atoms with Crippen molar-refractivity contribution >= 4 is 5.57 Å². The molecule has 0 N–H and O–H groups in total. The number of pyridine rings is 1. The van der Waals surface area contributed by atoms with Crippen LogP contribution in [-0.2, 0) is 0 Å². The molecule has 3 nitrogen and oxygen atoms in total. The molecule has 0 amide bonds. The fourth-order valence-corrected chi connectivity index (χ4v) is 3.76. The molecule has 2 bridgehead atoms. The second-order valence-corrected chi connectivity index (χ2v) is 6.68. The Hall–Kier alpha value is -2.03. The van der Waals surface area contributed by atoms with Gasteiger partial charge in [0.1, 0.15) is 0 Å². The summed E-state index contributed by atoms with van der Waals surface area (Å²) in [5, 5.41) is 0. The fourth-order valence-electron chi connectivity index (χ4n) is 3.76. The van der Waals surface area contributed by atoms with Gasteiger partial charge in [0.05, 0.1) is 11.4 Å². The lowest BCUT2D eigenvalue weighted by Crippen LogP contribution is -2.47. The van der Waals surface area contributed by atoms with E-state index < -0.39 is 0 Å². The predicted molar refractivity (Wildman–Crippen MR) is 83.2 cm³/mol. The number of hydrogen-bond donors (Lipinski definition) is 0. The lowest BCUT2D eigenvalue weighted by molar-refractivity contribution is 0.0109. The molecular formula is C18H19N3. The highest BCUT2D eigenvalue weighted by atomic mass is 14.9. The molecule has 1 fully saturated rings. The number of allylic oxidation sites excluding steroid dienone is 2. The summed E-state index contributed by atoms with van der Waals surface area (Å²) in [6.07, 6.45) is 8.45. The minimum absolute atomic E-state index is 0.397. The molecular weight excluding hydrogens is 258 g/mol. The van der Waals surface area contributed by atoms with Crippen molar-refractivity contribution in [1.29, 1.82) is 0 Å². The minimum Gasteiger partial charge on any atom is -0.255 e. The monoisotopic (exact) mass is 277 g/mol. The van der Waals surface area contributed by atoms with E-state index in [0.29, 0.717) is 11.3 Å². The van der Waals surface area contributed by atoms with E-state index in [1.54, 1.807) is 6.20 Å². The molecule has 0 radical (unpaired) electrons. The van der Waals surface area contributed by atoms with Gasteiger partial charge in [0, 0.05) is 12.4 Å². The summed E-state index contributed by atoms with van der Waals surface area (Å²) >= 11 is 0. The summed E-state index contributed by atoms with van der Waals surface area (Å²) in [7, 11) is 0. The molecule has 21 heavy (non-hydrogen) atoms. The molecule has 2 heterocycles. The smallest absolute Gasteiger partial charge is 0.155 e. The van der Waals surface area contributed by atoms with Crippen LogP contribution in [0.1, 0.15) is 32.5 Å². The van der Waals surface area contributed by atoms with Gasteiger partial charge in [-0.2, -0.15) is 0 Å². The van der Waals surface area contributed by atoms with Gasteiger partial charge in [-0.1, -0.05) is 26.0 Å². The van der Waals surface area contributed by atoms with Crippen molar-refractivity contribution in [2.24, 2.45) is 17.3 Å². The zero-order chi connectivity index (χ0) is 14.4. The van der Waals surface area contributed by atoms with Crippen molar-refractivity contribution in [2.45, 2.75) is 26.7 Å². The molecule has 1 saturated carbocycles. The first-order valence-corrected chi connectivity index (χ1v) is 7.61. The number of hydrogen-bond acceptors (Lipinski definition) is 3. The third-order valence-electron chi connectivity index (χ3n) is 5.31. The van der Waals surface area contributed by atoms with Gasteiger partial charge >= 0.3 is 0 Å². The van der Waals surface area contributed by atoms with Crippen molar-refractivity contribution in [1.82, 2.24) is 15.0 Å². The molecule has 3 aliphatic rings. The van der Waals surface area contributed by atoms with Gasteiger partial charge in [0.15, 0.2) is 5.82 Å². The third-order valence-corrected chi connectivity index (χ3v) is 5.31. The van der Waals surface area contributed by atoms with Gasteiger partial charge in [0.2, 0.25) is 0 Å². The number of aromatic nitrogens is 3. The molecule has 106 valence electrons. The van der Waals surface area contributed by atoms with Crippen LogP contribution >= 0.6 is 0 Å². The van der Waals surface area contributed by atoms with E-state index in [-0.39, 0.29) is 0 Å². The molecule has 2 atom stereocenters. The Morgan fingerprint density at radius 1 is 1.05 bits per heavy atom. The first-order chi connectivity index (χ1) is 10.2. The van der Waals surface area contributed by atoms with E-state index >= 15 is 0 Å². The SMILES string of the molecule is CC1(C)[C@H]2CC=C(c3nccc(-c4ccccn4)n3)[C@@H]1C2. The van der Waals surface area contributed by atoms with Crippen molar-refractivity contribution in [3.63, 3.8) is 0 Å². The van der Waals surface area contributed by atoms with E-state index in [1.165, 1.54) is 12.0 Å². The Labute approximate surface area is 125 Å². The second kappa shape index (κ2) is 4.48. The number of nitrogens with zero attached hydrogens (tertiary/aromatic N) is 3. The van der Waals surface area contributed by atoms with Crippen LogP contribution in [0.15, 0.2) is 42.7 Å². The van der Waals surface area contributed by atoms with Gasteiger partial charge in [-0.3, -0.25) is 4.98 Å². The van der Waals surface area contributed by atoms with Crippen molar-refractivity contribution in [3.8, 4) is 11.4 Å². The third kappa shape index (κ3) is 1.91. The highest BCUT2D eigenvalue weighted by molar-refractivity contribution is 5.67. The van der Waals surface area contributed by atoms with Gasteiger partial charge in [0.25, 0.3) is 0 Å². The molecule has 5 rings (SSSR count). The van der Waals surface area contributed by atoms with Crippen LogP contribution in [0.2, 0.25) is 0 Å². The maximum absolute atomic E-state index is 4.77. The van der Waals surface area contributed by atoms with Gasteiger partial charge in [-0.05, 0) is 53.9 Å². The Balaban J connectivity index is 1.73. The predicted octanol–water partition coefficient (Wildman–Crippen LogP) is 3.99. The largest absolute Gasteiger partial charge is 0.255 e. The first kappa shape index (κ1) is 12.7. The van der Waals surface area contributed by atoms with Crippen molar-refractivity contribution < 1.29 is 0 Å². The summed E-state index contributed by atoms with van der Waals surface area (Å²) in [4.78, 5) is 13.7. The van der Waals surface area contributed by atoms with Crippen LogP contribution in [-0.4, -0.2) is 15.0 Å². The topological polar surface area (TPSA) is 38.7 Å². The standard InChI is InChI=1S/C18H19N3/c1-18(2)12-6-7-13(14(18)11-12)17-20-10-8-16(21-17)15-5-3-4-9-19-15/h3-5,7-10,12,14H,6,11H2,1-2H3/t12-,14-/m0/s1. The Morgan fingerprint density at radius 3 is 2.67 bits per heavy atom. The molecule has 2 aromatic heterocycles. The van der Waals surface area contributed by atoms with Crippen LogP contribution in [0.3, 0.4) is 0 Å². The van der Waals surface area contributed by atoms with Gasteiger partial charge in [-0.25, -0.2) is 9.97 Å². The molecule has 0 spiro atoms. The van der Waals surface area contributed by atoms with E-state index in [0.717, 1.165) is 29.6 Å². The van der Waals surface area contributed by atoms with E-state index in [9.17, 15) is 0 Å². The van der Waals surface area contributed by atoms with Crippen LogP contribution in [0, 0.1) is 17.3 Å². The van der Waals surface area contributed by atoms with E-state index in [1.807, 2.05) is 30.5 Å². The summed E-state index contributed by atoms with van der Waals surface area (Å²) in [6, 6.07) is 7.84. The summed E-state index contributed by atoms with van der Waals surface area (Å²) in [6.45, 7) is 4.75. The molecule has 3 aliphatic carbocycles. The fraction of sp³-hybridized carbons (Fsp3) is 0.389. The summed E-state index contributed by atoms with van der Waals surface area (Å²) in [5.41, 5.74) is 3.54. The van der Waals surface area contributed by atoms with Crippen LogP contribution in [0.5, 0.6) is 0 Å². The van der Waals surface area contributed by atoms with Crippen LogP contribution in [0.25, 0.3) is 17.0 Å². The highest BCUT2D eigenvalue weighted by Gasteiger charge is 2.51. The molecule has 2 aromatic rings. The normalized spacial score (nSPS) is 25.9. The van der Waals surface area contributed by atoms with Crippen LogP contribution in [0.4, 0.5) is 0 Å². The highest BCUT2D eigenvalue weighted by Crippen LogP contribution is 2.61. The summed E-state index contributed by atoms with van der Waals surface area (Å²) < 4.78 is 0. The average molecular weight is 277 g/mol. The van der Waals surface area contributed by atoms with Gasteiger partial charge in [-0.15, -0.1) is 0 Å². The average Bonchev–Trinajstić information content (AvgIpc) is 2.55. The first-order valence-electron chi connectivity index (χ1n) is 7.61. The van der Waals surface area contributed by atoms with E-state index in [4.69, 9.17) is 4.98 Å². The van der Waals surface area contributed by atoms with Crippen molar-refractivity contribution in [2.75, 3.05) is 0 Å². The Kier molecular flexibility index (Phi) is 2.71.